The molecule has 0 unspecified atom stereocenters. The van der Waals surface area contributed by atoms with Crippen molar-refractivity contribution in [3.63, 3.8) is 0 Å². The molecule has 0 heterocycles. The summed E-state index contributed by atoms with van der Waals surface area (Å²) in [6.45, 7) is 0.615. The zero-order valence-electron chi connectivity index (χ0n) is 11.0. The van der Waals surface area contributed by atoms with Crippen LogP contribution in [-0.2, 0) is 0 Å². The Kier molecular flexibility index (Phi) is 5.00. The lowest BCUT2D eigenvalue weighted by Crippen LogP contribution is -2.12. The molecule has 2 N–H and O–H groups in total. The molecule has 2 aromatic carbocycles. The zero-order chi connectivity index (χ0) is 15.2. The lowest BCUT2D eigenvalue weighted by molar-refractivity contribution is 0.0696. The fourth-order valence-corrected chi connectivity index (χ4v) is 1.89. The van der Waals surface area contributed by atoms with E-state index in [1.165, 1.54) is 18.2 Å². The number of carboxylic acids is 1. The Morgan fingerprint density at radius 1 is 1.29 bits per heavy atom. The van der Waals surface area contributed by atoms with Crippen LogP contribution in [0.1, 0.15) is 10.4 Å². The molecule has 0 bridgehead atoms. The highest BCUT2D eigenvalue weighted by Gasteiger charge is 2.06. The monoisotopic (exact) mass is 309 g/mol. The van der Waals surface area contributed by atoms with E-state index in [0.717, 1.165) is 0 Å². The van der Waals surface area contributed by atoms with Gasteiger partial charge < -0.3 is 15.2 Å². The van der Waals surface area contributed by atoms with E-state index in [1.807, 2.05) is 0 Å². The van der Waals surface area contributed by atoms with Crippen LogP contribution in [0.4, 0.5) is 10.1 Å². The van der Waals surface area contributed by atoms with E-state index in [0.29, 0.717) is 18.0 Å². The van der Waals surface area contributed by atoms with Crippen LogP contribution in [0.15, 0.2) is 42.5 Å². The molecule has 2 aromatic rings. The molecule has 110 valence electrons. The number of benzene rings is 2. The molecule has 2 rings (SSSR count). The lowest BCUT2D eigenvalue weighted by Gasteiger charge is -2.10. The number of nitrogens with one attached hydrogen (secondary N) is 1. The van der Waals surface area contributed by atoms with Crippen LogP contribution < -0.4 is 10.1 Å². The maximum Gasteiger partial charge on any atom is 0.335 e. The molecule has 0 aliphatic heterocycles. The highest BCUT2D eigenvalue weighted by atomic mass is 35.5. The first-order valence-corrected chi connectivity index (χ1v) is 6.60. The molecule has 0 amide bonds. The molecule has 4 nitrogen and oxygen atoms in total. The summed E-state index contributed by atoms with van der Waals surface area (Å²) in [5.74, 6) is -1.07. The zero-order valence-corrected chi connectivity index (χ0v) is 11.7. The number of ether oxygens (including phenoxy) is 1. The van der Waals surface area contributed by atoms with Crippen molar-refractivity contribution in [1.82, 2.24) is 0 Å². The van der Waals surface area contributed by atoms with Crippen molar-refractivity contribution >= 4 is 23.3 Å². The van der Waals surface area contributed by atoms with Crippen LogP contribution >= 0.6 is 11.6 Å². The normalized spacial score (nSPS) is 10.2. The van der Waals surface area contributed by atoms with Gasteiger partial charge in [-0.15, -0.1) is 0 Å². The van der Waals surface area contributed by atoms with Gasteiger partial charge in [0.2, 0.25) is 0 Å². The van der Waals surface area contributed by atoms with Gasteiger partial charge in [-0.2, -0.15) is 0 Å². The first kappa shape index (κ1) is 15.1. The van der Waals surface area contributed by atoms with Crippen LogP contribution in [-0.4, -0.2) is 24.2 Å². The molecular weight excluding hydrogens is 297 g/mol. The molecule has 0 radical (unpaired) electrons. The Labute approximate surface area is 126 Å². The van der Waals surface area contributed by atoms with E-state index in [2.05, 4.69) is 5.32 Å². The molecule has 0 spiro atoms. The molecule has 0 atom stereocenters. The average molecular weight is 310 g/mol. The van der Waals surface area contributed by atoms with Gasteiger partial charge in [-0.1, -0.05) is 23.7 Å². The van der Waals surface area contributed by atoms with E-state index < -0.39 is 11.8 Å². The summed E-state index contributed by atoms with van der Waals surface area (Å²) in [6.07, 6.45) is 0. The third-order valence-electron chi connectivity index (χ3n) is 2.72. The quantitative estimate of drug-likeness (QED) is 0.799. The molecule has 0 aliphatic carbocycles. The van der Waals surface area contributed by atoms with Crippen molar-refractivity contribution in [2.75, 3.05) is 18.5 Å². The summed E-state index contributed by atoms with van der Waals surface area (Å²) in [4.78, 5) is 10.8. The second-order valence-corrected chi connectivity index (χ2v) is 4.62. The standard InChI is InChI=1S/C15H13ClFNO3/c16-12-5-2-6-13(14(12)17)18-7-8-21-11-4-1-3-10(9-11)15(19)20/h1-6,9,18H,7-8H2,(H,19,20). The number of carbonyl (C=O) groups is 1. The third kappa shape index (κ3) is 4.10. The molecule has 0 aromatic heterocycles. The van der Waals surface area contributed by atoms with Crippen LogP contribution in [0.2, 0.25) is 5.02 Å². The van der Waals surface area contributed by atoms with Gasteiger partial charge in [0.15, 0.2) is 5.82 Å². The van der Waals surface area contributed by atoms with Crippen molar-refractivity contribution in [2.24, 2.45) is 0 Å². The van der Waals surface area contributed by atoms with Crippen LogP contribution in [0, 0.1) is 5.82 Å². The largest absolute Gasteiger partial charge is 0.492 e. The maximum absolute atomic E-state index is 13.6. The lowest BCUT2D eigenvalue weighted by atomic mass is 10.2. The Morgan fingerprint density at radius 2 is 2.05 bits per heavy atom. The molecular formula is C15H13ClFNO3. The molecule has 6 heteroatoms. The minimum absolute atomic E-state index is 0.0510. The second kappa shape index (κ2) is 6.95. The molecule has 0 saturated heterocycles. The fraction of sp³-hybridized carbons (Fsp3) is 0.133. The number of hydrogen-bond donors (Lipinski definition) is 2. The van der Waals surface area contributed by atoms with E-state index in [-0.39, 0.29) is 17.2 Å². The smallest absolute Gasteiger partial charge is 0.335 e. The summed E-state index contributed by atoms with van der Waals surface area (Å²) in [5.41, 5.74) is 0.451. The van der Waals surface area contributed by atoms with Gasteiger partial charge in [0.05, 0.1) is 16.3 Å². The van der Waals surface area contributed by atoms with E-state index in [9.17, 15) is 9.18 Å². The van der Waals surface area contributed by atoms with Gasteiger partial charge in [-0.05, 0) is 30.3 Å². The predicted octanol–water partition coefficient (Wildman–Crippen LogP) is 3.67. The first-order valence-electron chi connectivity index (χ1n) is 6.22. The minimum atomic E-state index is -1.01. The van der Waals surface area contributed by atoms with Crippen molar-refractivity contribution in [3.05, 3.63) is 58.9 Å². The SMILES string of the molecule is O=C(O)c1cccc(OCCNc2cccc(Cl)c2F)c1. The van der Waals surface area contributed by atoms with Gasteiger partial charge in [0.25, 0.3) is 0 Å². The Balaban J connectivity index is 1.86. The number of halogens is 2. The van der Waals surface area contributed by atoms with E-state index in [1.54, 1.807) is 24.3 Å². The number of rotatable bonds is 6. The van der Waals surface area contributed by atoms with Gasteiger partial charge >= 0.3 is 5.97 Å². The Morgan fingerprint density at radius 3 is 2.81 bits per heavy atom. The van der Waals surface area contributed by atoms with Crippen molar-refractivity contribution in [3.8, 4) is 5.75 Å². The number of carboxylic acid groups (broad SMARTS) is 1. The topological polar surface area (TPSA) is 58.6 Å². The fourth-order valence-electron chi connectivity index (χ4n) is 1.71. The van der Waals surface area contributed by atoms with Crippen molar-refractivity contribution < 1.29 is 19.0 Å². The third-order valence-corrected chi connectivity index (χ3v) is 3.01. The van der Waals surface area contributed by atoms with E-state index >= 15 is 0 Å². The second-order valence-electron chi connectivity index (χ2n) is 4.21. The summed E-state index contributed by atoms with van der Waals surface area (Å²) in [7, 11) is 0. The van der Waals surface area contributed by atoms with E-state index in [4.69, 9.17) is 21.4 Å². The molecule has 0 aliphatic rings. The van der Waals surface area contributed by atoms with Gasteiger partial charge in [-0.25, -0.2) is 9.18 Å². The van der Waals surface area contributed by atoms with Gasteiger partial charge in [0, 0.05) is 6.54 Å². The first-order chi connectivity index (χ1) is 10.1. The Bertz CT molecular complexity index is 649. The highest BCUT2D eigenvalue weighted by Crippen LogP contribution is 2.21. The maximum atomic E-state index is 13.6. The molecule has 21 heavy (non-hydrogen) atoms. The minimum Gasteiger partial charge on any atom is -0.492 e. The number of aromatic carboxylic acids is 1. The van der Waals surface area contributed by atoms with Crippen molar-refractivity contribution in [2.45, 2.75) is 0 Å². The van der Waals surface area contributed by atoms with Gasteiger partial charge in [-0.3, -0.25) is 0 Å². The highest BCUT2D eigenvalue weighted by molar-refractivity contribution is 6.31. The summed E-state index contributed by atoms with van der Waals surface area (Å²) < 4.78 is 19.0. The van der Waals surface area contributed by atoms with Crippen LogP contribution in [0.5, 0.6) is 5.75 Å². The van der Waals surface area contributed by atoms with Crippen LogP contribution in [0.25, 0.3) is 0 Å². The average Bonchev–Trinajstić information content (AvgIpc) is 2.48. The number of anilines is 1. The Hall–Kier alpha value is -2.27. The van der Waals surface area contributed by atoms with Gasteiger partial charge in [0.1, 0.15) is 12.4 Å². The van der Waals surface area contributed by atoms with Crippen molar-refractivity contribution in [1.29, 1.82) is 0 Å². The summed E-state index contributed by atoms with van der Waals surface area (Å²) >= 11 is 5.67. The molecule has 0 saturated carbocycles. The number of hydrogen-bond acceptors (Lipinski definition) is 3. The van der Waals surface area contributed by atoms with Crippen LogP contribution in [0.3, 0.4) is 0 Å². The summed E-state index contributed by atoms with van der Waals surface area (Å²) in [5, 5.41) is 11.8. The molecule has 0 fully saturated rings. The predicted molar refractivity (Wildman–Crippen MR) is 78.8 cm³/mol. The summed E-state index contributed by atoms with van der Waals surface area (Å²) in [6, 6.07) is 10.9.